The van der Waals surface area contributed by atoms with E-state index in [-0.39, 0.29) is 5.91 Å². The van der Waals surface area contributed by atoms with Crippen molar-refractivity contribution >= 4 is 27.5 Å². The van der Waals surface area contributed by atoms with E-state index in [0.29, 0.717) is 17.3 Å². The number of carbonyl (C=O) groups excluding carboxylic acids is 1. The quantitative estimate of drug-likeness (QED) is 0.669. The molecule has 2 atom stereocenters. The minimum atomic E-state index is 0.265. The van der Waals surface area contributed by atoms with Gasteiger partial charge in [-0.15, -0.1) is 0 Å². The third kappa shape index (κ3) is 3.88. The second-order valence-corrected chi connectivity index (χ2v) is 7.41. The van der Waals surface area contributed by atoms with Crippen molar-refractivity contribution in [3.63, 3.8) is 0 Å². The maximum Gasteiger partial charge on any atom is 0.227 e. The molecule has 2 unspecified atom stereocenters. The summed E-state index contributed by atoms with van der Waals surface area (Å²) in [6, 6.07) is 6.93. The van der Waals surface area contributed by atoms with Crippen LogP contribution in [0.15, 0.2) is 18.2 Å². The average molecular weight is 352 g/mol. The standard InChI is InChI=1S/C18H26BrNO/c1-4-6-16(19)12-14-8-9-17-15(11-14)10-13(3)20(17)18(21)7-5-2/h8-9,11,13,16H,4-7,10,12H2,1-3H3. The maximum absolute atomic E-state index is 12.3. The molecule has 0 aromatic heterocycles. The smallest absolute Gasteiger partial charge is 0.227 e. The van der Waals surface area contributed by atoms with Gasteiger partial charge < -0.3 is 4.90 Å². The Bertz CT molecular complexity index is 500. The summed E-state index contributed by atoms with van der Waals surface area (Å²) in [7, 11) is 0. The topological polar surface area (TPSA) is 20.3 Å². The molecule has 3 heteroatoms. The van der Waals surface area contributed by atoms with Gasteiger partial charge >= 0.3 is 0 Å². The highest BCUT2D eigenvalue weighted by Gasteiger charge is 2.30. The number of amides is 1. The molecule has 0 aliphatic carbocycles. The van der Waals surface area contributed by atoms with E-state index in [2.05, 4.69) is 54.9 Å². The normalized spacial score (nSPS) is 18.7. The highest BCUT2D eigenvalue weighted by molar-refractivity contribution is 9.09. The first kappa shape index (κ1) is 16.5. The van der Waals surface area contributed by atoms with Crippen LogP contribution in [0.4, 0.5) is 5.69 Å². The van der Waals surface area contributed by atoms with Gasteiger partial charge in [-0.2, -0.15) is 0 Å². The molecule has 1 aliphatic rings. The molecule has 0 fully saturated rings. The number of rotatable bonds is 6. The van der Waals surface area contributed by atoms with Crippen molar-refractivity contribution in [1.29, 1.82) is 0 Å². The monoisotopic (exact) mass is 351 g/mol. The number of benzene rings is 1. The molecule has 1 aromatic rings. The lowest BCUT2D eigenvalue weighted by Crippen LogP contribution is -2.35. The third-order valence-corrected chi connectivity index (χ3v) is 4.93. The Hall–Kier alpha value is -0.830. The van der Waals surface area contributed by atoms with Gasteiger partial charge in [0.05, 0.1) is 0 Å². The van der Waals surface area contributed by atoms with Gasteiger partial charge in [0.25, 0.3) is 0 Å². The fourth-order valence-corrected chi connectivity index (χ4v) is 4.03. The molecule has 1 aromatic carbocycles. The van der Waals surface area contributed by atoms with Crippen molar-refractivity contribution in [2.45, 2.75) is 70.2 Å². The number of halogens is 1. The van der Waals surface area contributed by atoms with Crippen molar-refractivity contribution in [2.24, 2.45) is 0 Å². The first-order valence-electron chi connectivity index (χ1n) is 8.14. The molecule has 2 nitrogen and oxygen atoms in total. The van der Waals surface area contributed by atoms with Crippen LogP contribution in [-0.2, 0) is 17.6 Å². The summed E-state index contributed by atoms with van der Waals surface area (Å²) in [4.78, 5) is 14.8. The van der Waals surface area contributed by atoms with E-state index in [4.69, 9.17) is 0 Å². The zero-order valence-electron chi connectivity index (χ0n) is 13.4. The van der Waals surface area contributed by atoms with Crippen LogP contribution in [0.3, 0.4) is 0 Å². The lowest BCUT2D eigenvalue weighted by atomic mass is 10.0. The third-order valence-electron chi connectivity index (χ3n) is 4.15. The van der Waals surface area contributed by atoms with E-state index in [1.807, 2.05) is 4.90 Å². The van der Waals surface area contributed by atoms with Crippen LogP contribution in [0.25, 0.3) is 0 Å². The molecule has 0 saturated carbocycles. The number of hydrogen-bond donors (Lipinski definition) is 0. The van der Waals surface area contributed by atoms with Gasteiger partial charge in [0.2, 0.25) is 5.91 Å². The zero-order valence-corrected chi connectivity index (χ0v) is 14.9. The molecule has 0 bridgehead atoms. The van der Waals surface area contributed by atoms with E-state index in [1.165, 1.54) is 24.0 Å². The van der Waals surface area contributed by atoms with Crippen LogP contribution in [0.2, 0.25) is 0 Å². The van der Waals surface area contributed by atoms with E-state index >= 15 is 0 Å². The van der Waals surface area contributed by atoms with Gasteiger partial charge in [0.1, 0.15) is 0 Å². The average Bonchev–Trinajstić information content (AvgIpc) is 2.74. The fraction of sp³-hybridized carbons (Fsp3) is 0.611. The number of fused-ring (bicyclic) bond motifs is 1. The molecule has 1 amide bonds. The zero-order chi connectivity index (χ0) is 15.4. The van der Waals surface area contributed by atoms with Crippen LogP contribution in [0.1, 0.15) is 57.6 Å². The summed E-state index contributed by atoms with van der Waals surface area (Å²) in [5.74, 6) is 0.265. The van der Waals surface area contributed by atoms with Gasteiger partial charge in [0, 0.05) is 23.0 Å². The lowest BCUT2D eigenvalue weighted by molar-refractivity contribution is -0.118. The van der Waals surface area contributed by atoms with Crippen molar-refractivity contribution in [3.05, 3.63) is 29.3 Å². The van der Waals surface area contributed by atoms with Crippen LogP contribution in [0, 0.1) is 0 Å². The largest absolute Gasteiger partial charge is 0.309 e. The number of anilines is 1. The Morgan fingerprint density at radius 2 is 2.14 bits per heavy atom. The Balaban J connectivity index is 2.15. The molecule has 2 rings (SSSR count). The minimum Gasteiger partial charge on any atom is -0.309 e. The van der Waals surface area contributed by atoms with Gasteiger partial charge in [-0.05, 0) is 49.8 Å². The van der Waals surface area contributed by atoms with E-state index in [0.717, 1.165) is 24.9 Å². The van der Waals surface area contributed by atoms with Crippen molar-refractivity contribution < 1.29 is 4.79 Å². The van der Waals surface area contributed by atoms with Gasteiger partial charge in [-0.25, -0.2) is 0 Å². The number of alkyl halides is 1. The van der Waals surface area contributed by atoms with Crippen molar-refractivity contribution in [2.75, 3.05) is 4.90 Å². The van der Waals surface area contributed by atoms with Gasteiger partial charge in [-0.3, -0.25) is 4.79 Å². The van der Waals surface area contributed by atoms with Crippen molar-refractivity contribution in [1.82, 2.24) is 0 Å². The first-order chi connectivity index (χ1) is 10.1. The summed E-state index contributed by atoms with van der Waals surface area (Å²) in [6.07, 6.45) is 6.02. The SMILES string of the molecule is CCCC(=O)N1c2ccc(CC(Br)CCC)cc2CC1C. The summed E-state index contributed by atoms with van der Waals surface area (Å²) >= 11 is 3.76. The molecule has 1 heterocycles. The maximum atomic E-state index is 12.3. The number of carbonyl (C=O) groups is 1. The van der Waals surface area contributed by atoms with E-state index in [9.17, 15) is 4.79 Å². The van der Waals surface area contributed by atoms with Crippen LogP contribution >= 0.6 is 15.9 Å². The minimum absolute atomic E-state index is 0.265. The molecular weight excluding hydrogens is 326 g/mol. The Morgan fingerprint density at radius 3 is 2.81 bits per heavy atom. The Morgan fingerprint density at radius 1 is 1.38 bits per heavy atom. The number of hydrogen-bond acceptors (Lipinski definition) is 1. The molecule has 0 radical (unpaired) electrons. The molecule has 0 N–H and O–H groups in total. The summed E-state index contributed by atoms with van der Waals surface area (Å²) in [5, 5.41) is 0. The number of nitrogens with zero attached hydrogens (tertiary/aromatic N) is 1. The molecule has 0 spiro atoms. The highest BCUT2D eigenvalue weighted by atomic mass is 79.9. The molecule has 116 valence electrons. The highest BCUT2D eigenvalue weighted by Crippen LogP contribution is 2.34. The second-order valence-electron chi connectivity index (χ2n) is 6.12. The summed E-state index contributed by atoms with van der Waals surface area (Å²) in [5.41, 5.74) is 3.84. The predicted octanol–water partition coefficient (Wildman–Crippen LogP) is 4.87. The Kier molecular flexibility index (Phi) is 5.86. The molecular formula is C18H26BrNO. The van der Waals surface area contributed by atoms with Crippen molar-refractivity contribution in [3.8, 4) is 0 Å². The molecule has 21 heavy (non-hydrogen) atoms. The fourth-order valence-electron chi connectivity index (χ4n) is 3.20. The van der Waals surface area contributed by atoms with Crippen LogP contribution in [0.5, 0.6) is 0 Å². The Labute approximate surface area is 137 Å². The predicted molar refractivity (Wildman–Crippen MR) is 93.3 cm³/mol. The van der Waals surface area contributed by atoms with Gasteiger partial charge in [-0.1, -0.05) is 48.3 Å². The summed E-state index contributed by atoms with van der Waals surface area (Å²) < 4.78 is 0. The second kappa shape index (κ2) is 7.44. The molecule has 1 aliphatic heterocycles. The van der Waals surface area contributed by atoms with Crippen LogP contribution < -0.4 is 4.90 Å². The molecule has 0 saturated heterocycles. The van der Waals surface area contributed by atoms with Crippen LogP contribution in [-0.4, -0.2) is 16.8 Å². The first-order valence-corrected chi connectivity index (χ1v) is 9.06. The summed E-state index contributed by atoms with van der Waals surface area (Å²) in [6.45, 7) is 6.43. The lowest BCUT2D eigenvalue weighted by Gasteiger charge is -2.22. The van der Waals surface area contributed by atoms with E-state index < -0.39 is 0 Å². The van der Waals surface area contributed by atoms with E-state index in [1.54, 1.807) is 0 Å². The van der Waals surface area contributed by atoms with Gasteiger partial charge in [0.15, 0.2) is 0 Å².